The van der Waals surface area contributed by atoms with E-state index in [2.05, 4.69) is 51.0 Å². The first-order valence-electron chi connectivity index (χ1n) is 6.26. The van der Waals surface area contributed by atoms with Crippen LogP contribution in [0.15, 0.2) is 18.2 Å². The van der Waals surface area contributed by atoms with Gasteiger partial charge in [0.15, 0.2) is 0 Å². The van der Waals surface area contributed by atoms with Crippen molar-refractivity contribution in [3.8, 4) is 0 Å². The maximum atomic E-state index is 10.9. The Morgan fingerprint density at radius 1 is 1.42 bits per heavy atom. The van der Waals surface area contributed by atoms with Gasteiger partial charge in [-0.3, -0.25) is 5.10 Å². The summed E-state index contributed by atoms with van der Waals surface area (Å²) in [5.74, 6) is 0.450. The quantitative estimate of drug-likeness (QED) is 0.758. The lowest BCUT2D eigenvalue weighted by atomic mass is 9.89. The summed E-state index contributed by atoms with van der Waals surface area (Å²) in [6.07, 6.45) is 0.983. The van der Waals surface area contributed by atoms with Crippen molar-refractivity contribution in [2.75, 3.05) is 13.1 Å². The van der Waals surface area contributed by atoms with Gasteiger partial charge in [0.25, 0.3) is 0 Å². The lowest BCUT2D eigenvalue weighted by Crippen LogP contribution is -2.36. The van der Waals surface area contributed by atoms with Crippen molar-refractivity contribution in [1.29, 1.82) is 0 Å². The Bertz CT molecular complexity index is 617. The summed E-state index contributed by atoms with van der Waals surface area (Å²) in [6, 6.07) is 6.36. The van der Waals surface area contributed by atoms with Crippen molar-refractivity contribution < 1.29 is 9.90 Å². The number of aromatic nitrogens is 2. The minimum atomic E-state index is -0.807. The fourth-order valence-electron chi connectivity index (χ4n) is 2.66. The van der Waals surface area contributed by atoms with Crippen LogP contribution in [0.1, 0.15) is 24.3 Å². The molecule has 100 valence electrons. The van der Waals surface area contributed by atoms with E-state index < -0.39 is 6.09 Å². The van der Waals surface area contributed by atoms with E-state index in [1.54, 1.807) is 0 Å². The third-order valence-electron chi connectivity index (χ3n) is 3.78. The molecule has 0 radical (unpaired) electrons. The molecule has 2 aromatic rings. The van der Waals surface area contributed by atoms with Gasteiger partial charge in [-0.05, 0) is 59.0 Å². The highest BCUT2D eigenvalue weighted by Crippen LogP contribution is 2.30. The molecule has 1 saturated heterocycles. The Morgan fingerprint density at radius 2 is 2.16 bits per heavy atom. The number of carboxylic acid groups (broad SMARTS) is 1. The molecule has 1 aliphatic rings. The number of hydrogen-bond donors (Lipinski definition) is 2. The van der Waals surface area contributed by atoms with E-state index in [0.717, 1.165) is 27.4 Å². The Kier molecular flexibility index (Phi) is 3.34. The molecule has 0 saturated carbocycles. The van der Waals surface area contributed by atoms with Gasteiger partial charge < -0.3 is 10.0 Å². The van der Waals surface area contributed by atoms with Crippen LogP contribution in [0.5, 0.6) is 0 Å². The van der Waals surface area contributed by atoms with E-state index in [1.807, 2.05) is 0 Å². The number of rotatable bonds is 1. The van der Waals surface area contributed by atoms with Gasteiger partial charge in [-0.15, -0.1) is 0 Å². The second-order valence-electron chi connectivity index (χ2n) is 4.86. The molecule has 2 heterocycles. The van der Waals surface area contributed by atoms with Crippen molar-refractivity contribution in [2.24, 2.45) is 0 Å². The number of fused-ring (bicyclic) bond motifs is 1. The SMILES string of the molecule is O=C(O)N1CCC(c2ccc3[nH]nc(I)c3c2)CC1. The Morgan fingerprint density at radius 3 is 2.84 bits per heavy atom. The minimum Gasteiger partial charge on any atom is -0.465 e. The highest BCUT2D eigenvalue weighted by Gasteiger charge is 2.23. The van der Waals surface area contributed by atoms with Gasteiger partial charge in [-0.2, -0.15) is 5.10 Å². The first kappa shape index (κ1) is 12.7. The van der Waals surface area contributed by atoms with Crippen LogP contribution < -0.4 is 0 Å². The Balaban J connectivity index is 1.81. The fraction of sp³-hybridized carbons (Fsp3) is 0.385. The maximum absolute atomic E-state index is 10.9. The van der Waals surface area contributed by atoms with Gasteiger partial charge in [0.05, 0.1) is 5.52 Å². The molecule has 3 rings (SSSR count). The predicted octanol–water partition coefficient (Wildman–Crippen LogP) is 3.02. The summed E-state index contributed by atoms with van der Waals surface area (Å²) in [5.41, 5.74) is 2.34. The highest BCUT2D eigenvalue weighted by atomic mass is 127. The van der Waals surface area contributed by atoms with Crippen LogP contribution in [0, 0.1) is 3.70 Å². The molecular formula is C13H14IN3O2. The van der Waals surface area contributed by atoms with Crippen LogP contribution >= 0.6 is 22.6 Å². The number of nitrogens with one attached hydrogen (secondary N) is 1. The summed E-state index contributed by atoms with van der Waals surface area (Å²) in [6.45, 7) is 1.25. The average Bonchev–Trinajstić information content (AvgIpc) is 2.80. The molecule has 0 bridgehead atoms. The zero-order valence-electron chi connectivity index (χ0n) is 10.3. The summed E-state index contributed by atoms with van der Waals surface area (Å²) in [7, 11) is 0. The molecular weight excluding hydrogens is 357 g/mol. The van der Waals surface area contributed by atoms with Crippen LogP contribution in [-0.4, -0.2) is 39.4 Å². The summed E-state index contributed by atoms with van der Waals surface area (Å²) >= 11 is 2.22. The molecule has 1 aromatic carbocycles. The van der Waals surface area contributed by atoms with Crippen LogP contribution in [0.4, 0.5) is 4.79 Å². The van der Waals surface area contributed by atoms with Crippen molar-refractivity contribution >= 4 is 39.6 Å². The Hall–Kier alpha value is -1.31. The predicted molar refractivity (Wildman–Crippen MR) is 80.4 cm³/mol. The number of aromatic amines is 1. The molecule has 1 amide bonds. The molecule has 5 nitrogen and oxygen atoms in total. The number of benzene rings is 1. The van der Waals surface area contributed by atoms with E-state index >= 15 is 0 Å². The number of hydrogen-bond acceptors (Lipinski definition) is 2. The first-order chi connectivity index (χ1) is 9.15. The van der Waals surface area contributed by atoms with E-state index in [1.165, 1.54) is 10.5 Å². The third-order valence-corrected chi connectivity index (χ3v) is 4.60. The number of halogens is 1. The smallest absolute Gasteiger partial charge is 0.407 e. The van der Waals surface area contributed by atoms with Crippen molar-refractivity contribution in [3.05, 3.63) is 27.5 Å². The lowest BCUT2D eigenvalue weighted by Gasteiger charge is -2.30. The van der Waals surface area contributed by atoms with Gasteiger partial charge in [-0.25, -0.2) is 4.79 Å². The van der Waals surface area contributed by atoms with Crippen molar-refractivity contribution in [1.82, 2.24) is 15.1 Å². The second kappa shape index (κ2) is 4.99. The molecule has 1 fully saturated rings. The van der Waals surface area contributed by atoms with E-state index in [4.69, 9.17) is 5.11 Å². The molecule has 0 spiro atoms. The monoisotopic (exact) mass is 371 g/mol. The van der Waals surface area contributed by atoms with Gasteiger partial charge in [-0.1, -0.05) is 6.07 Å². The largest absolute Gasteiger partial charge is 0.465 e. The average molecular weight is 371 g/mol. The van der Waals surface area contributed by atoms with Gasteiger partial charge in [0.1, 0.15) is 3.70 Å². The third kappa shape index (κ3) is 2.41. The van der Waals surface area contributed by atoms with Crippen LogP contribution in [0.3, 0.4) is 0 Å². The molecule has 19 heavy (non-hydrogen) atoms. The molecule has 1 aromatic heterocycles. The van der Waals surface area contributed by atoms with Gasteiger partial charge in [0.2, 0.25) is 0 Å². The summed E-state index contributed by atoms with van der Waals surface area (Å²) in [5, 5.41) is 17.3. The number of piperidine rings is 1. The maximum Gasteiger partial charge on any atom is 0.407 e. The Labute approximate surface area is 124 Å². The first-order valence-corrected chi connectivity index (χ1v) is 7.34. The van der Waals surface area contributed by atoms with E-state index in [9.17, 15) is 4.79 Å². The summed E-state index contributed by atoms with van der Waals surface area (Å²) < 4.78 is 0.984. The number of nitrogens with zero attached hydrogens (tertiary/aromatic N) is 2. The number of H-pyrrole nitrogens is 1. The molecule has 0 aliphatic carbocycles. The molecule has 0 atom stereocenters. The minimum absolute atomic E-state index is 0.450. The zero-order valence-corrected chi connectivity index (χ0v) is 12.4. The zero-order chi connectivity index (χ0) is 13.4. The molecule has 6 heteroatoms. The number of carbonyl (C=O) groups is 1. The van der Waals surface area contributed by atoms with Crippen LogP contribution in [-0.2, 0) is 0 Å². The molecule has 0 unspecified atom stereocenters. The number of amides is 1. The normalized spacial score (nSPS) is 17.0. The second-order valence-corrected chi connectivity index (χ2v) is 5.89. The van der Waals surface area contributed by atoms with Crippen molar-refractivity contribution in [2.45, 2.75) is 18.8 Å². The van der Waals surface area contributed by atoms with Crippen molar-refractivity contribution in [3.63, 3.8) is 0 Å². The van der Waals surface area contributed by atoms with Gasteiger partial charge in [0, 0.05) is 18.5 Å². The fourth-order valence-corrected chi connectivity index (χ4v) is 3.22. The topological polar surface area (TPSA) is 69.2 Å². The standard InChI is InChI=1S/C13H14IN3O2/c14-12-10-7-9(1-2-11(10)15-16-12)8-3-5-17(6-4-8)13(18)19/h1-2,7-8H,3-6H2,(H,15,16)(H,18,19). The van der Waals surface area contributed by atoms with Gasteiger partial charge >= 0.3 is 6.09 Å². The number of likely N-dealkylation sites (tertiary alicyclic amines) is 1. The van der Waals surface area contributed by atoms with E-state index in [0.29, 0.717) is 19.0 Å². The lowest BCUT2D eigenvalue weighted by molar-refractivity contribution is 0.132. The summed E-state index contributed by atoms with van der Waals surface area (Å²) in [4.78, 5) is 12.4. The van der Waals surface area contributed by atoms with Crippen LogP contribution in [0.2, 0.25) is 0 Å². The molecule has 2 N–H and O–H groups in total. The van der Waals surface area contributed by atoms with Crippen LogP contribution in [0.25, 0.3) is 10.9 Å². The molecule has 1 aliphatic heterocycles. The van der Waals surface area contributed by atoms with E-state index in [-0.39, 0.29) is 0 Å². The highest BCUT2D eigenvalue weighted by molar-refractivity contribution is 14.1.